The van der Waals surface area contributed by atoms with Crippen molar-refractivity contribution in [2.45, 2.75) is 13.3 Å². The zero-order valence-corrected chi connectivity index (χ0v) is 8.73. The lowest BCUT2D eigenvalue weighted by atomic mass is 10.2. The number of benzene rings is 1. The molecule has 0 spiro atoms. The highest BCUT2D eigenvalue weighted by Gasteiger charge is 1.97. The predicted octanol–water partition coefficient (Wildman–Crippen LogP) is 0.680. The molecule has 1 aromatic rings. The van der Waals surface area contributed by atoms with E-state index >= 15 is 0 Å². The number of amides is 1. The Hall–Kier alpha value is -1.84. The maximum atomic E-state index is 10.6. The van der Waals surface area contributed by atoms with Crippen LogP contribution in [0.2, 0.25) is 0 Å². The molecular weight excluding hydrogens is 190 g/mol. The van der Waals surface area contributed by atoms with Crippen LogP contribution in [0.25, 0.3) is 0 Å². The fraction of sp³-hybridized carbons (Fsp3) is 0.273. The van der Waals surface area contributed by atoms with Crippen molar-refractivity contribution in [2.24, 2.45) is 10.8 Å². The van der Waals surface area contributed by atoms with Gasteiger partial charge in [0, 0.05) is 6.54 Å². The summed E-state index contributed by atoms with van der Waals surface area (Å²) >= 11 is 0. The van der Waals surface area contributed by atoms with E-state index in [-0.39, 0.29) is 0 Å². The van der Waals surface area contributed by atoms with Crippen LogP contribution >= 0.6 is 0 Å². The van der Waals surface area contributed by atoms with Gasteiger partial charge in [-0.25, -0.2) is 0 Å². The van der Waals surface area contributed by atoms with E-state index < -0.39 is 5.91 Å². The molecule has 4 heteroatoms. The van der Waals surface area contributed by atoms with Crippen LogP contribution in [-0.2, 0) is 11.2 Å². The van der Waals surface area contributed by atoms with Crippen LogP contribution in [0.4, 0.5) is 0 Å². The second kappa shape index (κ2) is 5.80. The number of hydrazone groups is 1. The summed E-state index contributed by atoms with van der Waals surface area (Å²) in [6, 6.07) is 10.1. The van der Waals surface area contributed by atoms with E-state index in [4.69, 9.17) is 5.73 Å². The van der Waals surface area contributed by atoms with E-state index in [0.29, 0.717) is 12.3 Å². The van der Waals surface area contributed by atoms with Crippen molar-refractivity contribution in [1.82, 2.24) is 5.43 Å². The van der Waals surface area contributed by atoms with Crippen molar-refractivity contribution in [1.29, 1.82) is 0 Å². The molecule has 0 bridgehead atoms. The standard InChI is InChI=1S/C11H15N3O/c1-9(11(12)15)14-13-8-7-10-5-3-2-4-6-10/h2-6,13H,7-8H2,1H3,(H2,12,15). The third-order valence-corrected chi connectivity index (χ3v) is 1.97. The third kappa shape index (κ3) is 4.26. The van der Waals surface area contributed by atoms with Crippen molar-refractivity contribution in [3.63, 3.8) is 0 Å². The molecule has 0 aliphatic rings. The van der Waals surface area contributed by atoms with E-state index in [2.05, 4.69) is 10.5 Å². The van der Waals surface area contributed by atoms with Gasteiger partial charge in [-0.15, -0.1) is 0 Å². The molecule has 0 unspecified atom stereocenters. The summed E-state index contributed by atoms with van der Waals surface area (Å²) in [5.74, 6) is -0.498. The van der Waals surface area contributed by atoms with Gasteiger partial charge in [0.25, 0.3) is 5.91 Å². The number of carbonyl (C=O) groups excluding carboxylic acids is 1. The Morgan fingerprint density at radius 3 is 2.67 bits per heavy atom. The molecule has 0 saturated heterocycles. The molecule has 0 aliphatic carbocycles. The summed E-state index contributed by atoms with van der Waals surface area (Å²) in [7, 11) is 0. The van der Waals surface area contributed by atoms with Crippen molar-refractivity contribution in [3.8, 4) is 0 Å². The molecule has 0 atom stereocenters. The van der Waals surface area contributed by atoms with Gasteiger partial charge >= 0.3 is 0 Å². The topological polar surface area (TPSA) is 67.5 Å². The Bertz CT molecular complexity index is 346. The first kappa shape index (κ1) is 11.2. The lowest BCUT2D eigenvalue weighted by molar-refractivity contribution is -0.112. The highest BCUT2D eigenvalue weighted by Crippen LogP contribution is 1.97. The van der Waals surface area contributed by atoms with Gasteiger partial charge in [0.05, 0.1) is 0 Å². The molecule has 4 nitrogen and oxygen atoms in total. The second-order valence-electron chi connectivity index (χ2n) is 3.21. The van der Waals surface area contributed by atoms with Crippen molar-refractivity contribution in [3.05, 3.63) is 35.9 Å². The summed E-state index contributed by atoms with van der Waals surface area (Å²) in [6.45, 7) is 2.27. The highest BCUT2D eigenvalue weighted by molar-refractivity contribution is 6.37. The smallest absolute Gasteiger partial charge is 0.264 e. The van der Waals surface area contributed by atoms with E-state index in [1.165, 1.54) is 5.56 Å². The number of hydrogen-bond acceptors (Lipinski definition) is 3. The van der Waals surface area contributed by atoms with E-state index in [0.717, 1.165) is 6.42 Å². The second-order valence-corrected chi connectivity index (χ2v) is 3.21. The van der Waals surface area contributed by atoms with E-state index in [1.54, 1.807) is 6.92 Å². The minimum absolute atomic E-state index is 0.295. The fourth-order valence-corrected chi connectivity index (χ4v) is 1.07. The van der Waals surface area contributed by atoms with Gasteiger partial charge in [0.2, 0.25) is 0 Å². The molecule has 0 fully saturated rings. The van der Waals surface area contributed by atoms with E-state index in [1.807, 2.05) is 30.3 Å². The van der Waals surface area contributed by atoms with Crippen LogP contribution in [0.15, 0.2) is 35.4 Å². The van der Waals surface area contributed by atoms with Gasteiger partial charge in [0.1, 0.15) is 5.71 Å². The molecule has 15 heavy (non-hydrogen) atoms. The minimum atomic E-state index is -0.498. The molecule has 0 aliphatic heterocycles. The normalized spacial score (nSPS) is 11.1. The zero-order valence-electron chi connectivity index (χ0n) is 8.73. The lowest BCUT2D eigenvalue weighted by Gasteiger charge is -2.01. The lowest BCUT2D eigenvalue weighted by Crippen LogP contribution is -2.23. The monoisotopic (exact) mass is 205 g/mol. The van der Waals surface area contributed by atoms with Crippen LogP contribution in [0.5, 0.6) is 0 Å². The van der Waals surface area contributed by atoms with Gasteiger partial charge in [-0.3, -0.25) is 4.79 Å². The third-order valence-electron chi connectivity index (χ3n) is 1.97. The molecule has 80 valence electrons. The average Bonchev–Trinajstić information content (AvgIpc) is 2.25. The molecular formula is C11H15N3O. The number of nitrogens with one attached hydrogen (secondary N) is 1. The van der Waals surface area contributed by atoms with Crippen LogP contribution in [0, 0.1) is 0 Å². The maximum absolute atomic E-state index is 10.6. The Balaban J connectivity index is 2.29. The molecule has 0 saturated carbocycles. The quantitative estimate of drug-likeness (QED) is 0.421. The largest absolute Gasteiger partial charge is 0.365 e. The Labute approximate surface area is 89.2 Å². The fourth-order valence-electron chi connectivity index (χ4n) is 1.07. The van der Waals surface area contributed by atoms with Crippen molar-refractivity contribution >= 4 is 11.6 Å². The predicted molar refractivity (Wildman–Crippen MR) is 60.5 cm³/mol. The summed E-state index contributed by atoms with van der Waals surface area (Å²) in [5, 5.41) is 3.83. The van der Waals surface area contributed by atoms with Gasteiger partial charge in [0.15, 0.2) is 0 Å². The molecule has 0 aromatic heterocycles. The number of nitrogens with two attached hydrogens (primary N) is 1. The first-order valence-electron chi connectivity index (χ1n) is 4.81. The number of carbonyl (C=O) groups is 1. The van der Waals surface area contributed by atoms with Gasteiger partial charge in [-0.1, -0.05) is 30.3 Å². The Morgan fingerprint density at radius 2 is 2.07 bits per heavy atom. The number of hydrogen-bond donors (Lipinski definition) is 2. The first-order chi connectivity index (χ1) is 7.20. The summed E-state index contributed by atoms with van der Waals surface area (Å²) in [5.41, 5.74) is 9.35. The first-order valence-corrected chi connectivity index (χ1v) is 4.81. The molecule has 1 rings (SSSR count). The highest BCUT2D eigenvalue weighted by atomic mass is 16.1. The summed E-state index contributed by atoms with van der Waals surface area (Å²) in [4.78, 5) is 10.6. The summed E-state index contributed by atoms with van der Waals surface area (Å²) in [6.07, 6.45) is 0.871. The molecule has 1 aromatic carbocycles. The number of rotatable bonds is 5. The van der Waals surface area contributed by atoms with Crippen LogP contribution in [0.3, 0.4) is 0 Å². The van der Waals surface area contributed by atoms with Gasteiger partial charge in [-0.05, 0) is 18.9 Å². The van der Waals surface area contributed by atoms with Crippen LogP contribution < -0.4 is 11.2 Å². The molecule has 0 heterocycles. The van der Waals surface area contributed by atoms with Gasteiger partial charge < -0.3 is 11.2 Å². The van der Waals surface area contributed by atoms with Gasteiger partial charge in [-0.2, -0.15) is 5.10 Å². The average molecular weight is 205 g/mol. The maximum Gasteiger partial charge on any atom is 0.264 e. The number of nitrogens with zero attached hydrogens (tertiary/aromatic N) is 1. The van der Waals surface area contributed by atoms with Crippen molar-refractivity contribution < 1.29 is 4.79 Å². The summed E-state index contributed by atoms with van der Waals surface area (Å²) < 4.78 is 0. The molecule has 1 amide bonds. The van der Waals surface area contributed by atoms with Crippen molar-refractivity contribution in [2.75, 3.05) is 6.54 Å². The van der Waals surface area contributed by atoms with Crippen LogP contribution in [-0.4, -0.2) is 18.2 Å². The SMILES string of the molecule is CC(=NNCCc1ccccc1)C(N)=O. The molecule has 3 N–H and O–H groups in total. The Kier molecular flexibility index (Phi) is 4.34. The molecule has 0 radical (unpaired) electrons. The number of primary amides is 1. The van der Waals surface area contributed by atoms with Crippen LogP contribution in [0.1, 0.15) is 12.5 Å². The van der Waals surface area contributed by atoms with E-state index in [9.17, 15) is 4.79 Å². The minimum Gasteiger partial charge on any atom is -0.365 e. The zero-order chi connectivity index (χ0) is 11.1. The Morgan fingerprint density at radius 1 is 1.40 bits per heavy atom.